The predicted molar refractivity (Wildman–Crippen MR) is 103 cm³/mol. The summed E-state index contributed by atoms with van der Waals surface area (Å²) in [6, 6.07) is 6.26. The van der Waals surface area contributed by atoms with Gasteiger partial charge < -0.3 is 4.98 Å². The van der Waals surface area contributed by atoms with Gasteiger partial charge >= 0.3 is 12.4 Å². The van der Waals surface area contributed by atoms with Gasteiger partial charge in [-0.15, -0.1) is 0 Å². The lowest BCUT2D eigenvalue weighted by molar-refractivity contribution is -0.152. The van der Waals surface area contributed by atoms with Gasteiger partial charge in [0.25, 0.3) is 0 Å². The number of benzene rings is 2. The van der Waals surface area contributed by atoms with Crippen molar-refractivity contribution in [2.75, 3.05) is 0 Å². The number of aromatic amines is 1. The van der Waals surface area contributed by atoms with E-state index < -0.39 is 39.2 Å². The highest BCUT2D eigenvalue weighted by atomic mass is 32.2. The number of H-pyrrole nitrogens is 1. The Morgan fingerprint density at radius 1 is 1.00 bits per heavy atom. The minimum atomic E-state index is -4.90. The van der Waals surface area contributed by atoms with E-state index >= 15 is 0 Å². The molecular weight excluding hydrogens is 446 g/mol. The van der Waals surface area contributed by atoms with E-state index in [0.29, 0.717) is 12.8 Å². The van der Waals surface area contributed by atoms with E-state index in [4.69, 9.17) is 0 Å². The zero-order valence-electron chi connectivity index (χ0n) is 15.7. The number of aromatic nitrogens is 1. The second-order valence-electron chi connectivity index (χ2n) is 7.38. The summed E-state index contributed by atoms with van der Waals surface area (Å²) in [5, 5.41) is -0.776. The van der Waals surface area contributed by atoms with Crippen LogP contribution in [0.4, 0.5) is 26.3 Å². The summed E-state index contributed by atoms with van der Waals surface area (Å²) >= 11 is 0. The van der Waals surface area contributed by atoms with E-state index in [1.165, 1.54) is 36.4 Å². The number of hydrogen-bond acceptors (Lipinski definition) is 2. The van der Waals surface area contributed by atoms with Crippen molar-refractivity contribution in [3.05, 3.63) is 59.8 Å². The normalized spacial score (nSPS) is 16.6. The maximum absolute atomic E-state index is 13.7. The molecule has 1 saturated carbocycles. The fraction of sp³-hybridized carbons (Fsp3) is 0.300. The van der Waals surface area contributed by atoms with Gasteiger partial charge in [-0.1, -0.05) is 30.3 Å². The topological polar surface area (TPSA) is 62.0 Å². The van der Waals surface area contributed by atoms with Crippen molar-refractivity contribution < 1.29 is 34.8 Å². The zero-order chi connectivity index (χ0) is 22.6. The highest BCUT2D eigenvalue weighted by molar-refractivity contribution is 7.90. The van der Waals surface area contributed by atoms with E-state index in [0.717, 1.165) is 12.3 Å². The molecule has 1 aliphatic rings. The molecule has 31 heavy (non-hydrogen) atoms. The summed E-state index contributed by atoms with van der Waals surface area (Å²) in [6.45, 7) is 0. The quantitative estimate of drug-likeness (QED) is 0.489. The molecule has 1 heterocycles. The van der Waals surface area contributed by atoms with Crippen LogP contribution in [0.5, 0.6) is 0 Å². The predicted octanol–water partition coefficient (Wildman–Crippen LogP) is 5.54. The van der Waals surface area contributed by atoms with Crippen LogP contribution in [0.2, 0.25) is 0 Å². The molecule has 3 aromatic rings. The van der Waals surface area contributed by atoms with Gasteiger partial charge in [0, 0.05) is 22.7 Å². The zero-order valence-corrected chi connectivity index (χ0v) is 16.5. The van der Waals surface area contributed by atoms with Gasteiger partial charge in [-0.05, 0) is 36.1 Å². The van der Waals surface area contributed by atoms with Crippen LogP contribution >= 0.6 is 0 Å². The van der Waals surface area contributed by atoms with E-state index in [1.54, 1.807) is 4.72 Å². The second kappa shape index (κ2) is 7.27. The highest BCUT2D eigenvalue weighted by Crippen LogP contribution is 2.41. The average molecular weight is 462 g/mol. The summed E-state index contributed by atoms with van der Waals surface area (Å²) in [4.78, 5) is 2.62. The van der Waals surface area contributed by atoms with Crippen LogP contribution in [0, 0.1) is 0 Å². The number of sulfonamides is 1. The molecule has 1 aliphatic carbocycles. The van der Waals surface area contributed by atoms with Gasteiger partial charge in [0.05, 0.1) is 10.8 Å². The first kappa shape index (κ1) is 21.7. The highest BCUT2D eigenvalue weighted by Gasteiger charge is 2.47. The van der Waals surface area contributed by atoms with Crippen molar-refractivity contribution in [3.63, 3.8) is 0 Å². The van der Waals surface area contributed by atoms with E-state index in [9.17, 15) is 34.8 Å². The third-order valence-corrected chi connectivity index (χ3v) is 7.05. The lowest BCUT2D eigenvalue weighted by Crippen LogP contribution is -2.39. The van der Waals surface area contributed by atoms with Crippen molar-refractivity contribution in [1.82, 2.24) is 9.71 Å². The Labute approximate surface area is 173 Å². The molecule has 4 nitrogen and oxygen atoms in total. The number of rotatable bonds is 5. The molecule has 0 unspecified atom stereocenters. The SMILES string of the molecule is O=S(=O)(N[C@@H](c1c[nH]c2cc(-c3ccccc3C(F)(F)F)ccc12)C(F)(F)F)C1CC1. The third-order valence-electron chi connectivity index (χ3n) is 5.14. The molecule has 11 heteroatoms. The summed E-state index contributed by atoms with van der Waals surface area (Å²) in [6.07, 6.45) is -7.88. The molecule has 2 aromatic carbocycles. The first-order chi connectivity index (χ1) is 14.4. The van der Waals surface area contributed by atoms with Gasteiger partial charge in [-0.2, -0.15) is 31.1 Å². The number of alkyl halides is 6. The Morgan fingerprint density at radius 3 is 2.29 bits per heavy atom. The van der Waals surface area contributed by atoms with Crippen molar-refractivity contribution in [2.45, 2.75) is 36.5 Å². The third kappa shape index (κ3) is 4.29. The standard InChI is InChI=1S/C20H16F6N2O2S/c21-19(22,23)16-4-2-1-3-13(16)11-5-8-14-15(10-27-17(14)9-11)18(20(24,25)26)28-31(29,30)12-6-7-12/h1-5,8-10,12,18,27-28H,6-7H2/t18-/m0/s1. The lowest BCUT2D eigenvalue weighted by Gasteiger charge is -2.21. The molecule has 2 N–H and O–H groups in total. The number of nitrogens with one attached hydrogen (secondary N) is 2. The molecule has 0 amide bonds. The van der Waals surface area contributed by atoms with Crippen LogP contribution in [-0.2, 0) is 16.2 Å². The molecule has 1 fully saturated rings. The minimum absolute atomic E-state index is 0.0639. The maximum Gasteiger partial charge on any atom is 0.417 e. The maximum atomic E-state index is 13.7. The summed E-state index contributed by atoms with van der Waals surface area (Å²) < 4.78 is 107. The number of hydrogen-bond donors (Lipinski definition) is 2. The number of fused-ring (bicyclic) bond motifs is 1. The Bertz CT molecular complexity index is 1230. The van der Waals surface area contributed by atoms with E-state index in [-0.39, 0.29) is 27.6 Å². The van der Waals surface area contributed by atoms with Gasteiger partial charge in [-0.25, -0.2) is 8.42 Å². The van der Waals surface area contributed by atoms with Crippen molar-refractivity contribution >= 4 is 20.9 Å². The minimum Gasteiger partial charge on any atom is -0.361 e. The molecule has 4 rings (SSSR count). The molecule has 0 spiro atoms. The summed E-state index contributed by atoms with van der Waals surface area (Å²) in [7, 11) is -4.15. The van der Waals surface area contributed by atoms with Gasteiger partial charge in [0.15, 0.2) is 0 Å². The van der Waals surface area contributed by atoms with Crippen molar-refractivity contribution in [1.29, 1.82) is 0 Å². The smallest absolute Gasteiger partial charge is 0.361 e. The van der Waals surface area contributed by atoms with E-state index in [2.05, 4.69) is 4.98 Å². The molecule has 1 atom stereocenters. The fourth-order valence-electron chi connectivity index (χ4n) is 3.48. The summed E-state index contributed by atoms with van der Waals surface area (Å²) in [5.74, 6) is 0. The average Bonchev–Trinajstić information content (AvgIpc) is 3.46. The van der Waals surface area contributed by atoms with Crippen LogP contribution in [-0.4, -0.2) is 24.8 Å². The van der Waals surface area contributed by atoms with Crippen LogP contribution in [0.3, 0.4) is 0 Å². The van der Waals surface area contributed by atoms with Crippen LogP contribution < -0.4 is 4.72 Å². The molecular formula is C20H16F6N2O2S. The molecule has 0 bridgehead atoms. The molecule has 166 valence electrons. The van der Waals surface area contributed by atoms with Gasteiger partial charge in [0.1, 0.15) is 6.04 Å². The lowest BCUT2D eigenvalue weighted by atomic mass is 9.97. The molecule has 1 aromatic heterocycles. The Balaban J connectivity index is 1.77. The fourth-order valence-corrected chi connectivity index (χ4v) is 5.02. The molecule has 0 aliphatic heterocycles. The van der Waals surface area contributed by atoms with Crippen LogP contribution in [0.15, 0.2) is 48.7 Å². The second-order valence-corrected chi connectivity index (χ2v) is 9.38. The first-order valence-electron chi connectivity index (χ1n) is 9.23. The Morgan fingerprint density at radius 2 is 1.68 bits per heavy atom. The molecule has 0 radical (unpaired) electrons. The first-order valence-corrected chi connectivity index (χ1v) is 10.8. The van der Waals surface area contributed by atoms with Crippen molar-refractivity contribution in [2.24, 2.45) is 0 Å². The monoisotopic (exact) mass is 462 g/mol. The Hall–Kier alpha value is -2.53. The van der Waals surface area contributed by atoms with Crippen molar-refractivity contribution in [3.8, 4) is 11.1 Å². The van der Waals surface area contributed by atoms with E-state index in [1.807, 2.05) is 0 Å². The van der Waals surface area contributed by atoms with Crippen LogP contribution in [0.25, 0.3) is 22.0 Å². The largest absolute Gasteiger partial charge is 0.417 e. The van der Waals surface area contributed by atoms with Crippen LogP contribution in [0.1, 0.15) is 30.0 Å². The Kier molecular flexibility index (Phi) is 5.08. The number of halogens is 6. The summed E-state index contributed by atoms with van der Waals surface area (Å²) in [5.41, 5.74) is -1.01. The van der Waals surface area contributed by atoms with Gasteiger partial charge in [-0.3, -0.25) is 0 Å². The van der Waals surface area contributed by atoms with Gasteiger partial charge in [0.2, 0.25) is 10.0 Å². The molecule has 0 saturated heterocycles.